The molecular weight excluding hydrogens is 177 g/mol. The van der Waals surface area contributed by atoms with Crippen LogP contribution >= 0.6 is 0 Å². The Kier molecular flexibility index (Phi) is 2.53. The van der Waals surface area contributed by atoms with E-state index in [9.17, 15) is 4.39 Å². The Morgan fingerprint density at radius 1 is 1.29 bits per heavy atom. The fraction of sp³-hybridized carbons (Fsp3) is 0.333. The molecule has 0 fully saturated rings. The molecule has 0 aliphatic carbocycles. The lowest BCUT2D eigenvalue weighted by molar-refractivity contribution is 0.487. The van der Waals surface area contributed by atoms with Gasteiger partial charge in [-0.1, -0.05) is 31.5 Å². The number of fused-ring (bicyclic) bond motifs is 1. The van der Waals surface area contributed by atoms with Gasteiger partial charge in [0.15, 0.2) is 0 Å². The lowest BCUT2D eigenvalue weighted by atomic mass is 10.1. The first-order valence-electron chi connectivity index (χ1n) is 5.00. The number of halogens is 1. The molecule has 0 amide bonds. The third-order valence-electron chi connectivity index (χ3n) is 2.55. The first kappa shape index (κ1) is 9.25. The molecule has 0 radical (unpaired) electrons. The number of para-hydroxylation sites is 1. The van der Waals surface area contributed by atoms with Crippen molar-refractivity contribution < 1.29 is 4.39 Å². The Labute approximate surface area is 82.9 Å². The molecular formula is C12H14FN. The highest BCUT2D eigenvalue weighted by atomic mass is 19.1. The summed E-state index contributed by atoms with van der Waals surface area (Å²) in [6.45, 7) is 1.75. The maximum atomic E-state index is 12.6. The zero-order valence-corrected chi connectivity index (χ0v) is 8.31. The first-order valence-corrected chi connectivity index (χ1v) is 5.00. The molecule has 74 valence electrons. The number of H-pyrrole nitrogens is 1. The van der Waals surface area contributed by atoms with Gasteiger partial charge in [0, 0.05) is 17.1 Å². The smallest absolute Gasteiger partial charge is 0.117 e. The van der Waals surface area contributed by atoms with Crippen molar-refractivity contribution >= 4 is 10.9 Å². The van der Waals surface area contributed by atoms with E-state index in [0.717, 1.165) is 23.9 Å². The van der Waals surface area contributed by atoms with Crippen LogP contribution in [0.5, 0.6) is 0 Å². The zero-order chi connectivity index (χ0) is 9.97. The number of benzene rings is 1. The molecule has 0 bridgehead atoms. The Morgan fingerprint density at radius 2 is 2.14 bits per heavy atom. The second kappa shape index (κ2) is 3.82. The van der Waals surface area contributed by atoms with Gasteiger partial charge in [0.25, 0.3) is 0 Å². The van der Waals surface area contributed by atoms with Crippen molar-refractivity contribution in [2.45, 2.75) is 26.4 Å². The molecule has 1 aromatic heterocycles. The van der Waals surface area contributed by atoms with Crippen LogP contribution in [0.15, 0.2) is 24.4 Å². The second-order valence-corrected chi connectivity index (χ2v) is 3.54. The summed E-state index contributed by atoms with van der Waals surface area (Å²) in [6.07, 6.45) is 4.16. The van der Waals surface area contributed by atoms with Crippen LogP contribution in [-0.4, -0.2) is 4.98 Å². The highest BCUT2D eigenvalue weighted by Gasteiger charge is 2.05. The Hall–Kier alpha value is -1.31. The van der Waals surface area contributed by atoms with Crippen LogP contribution < -0.4 is 0 Å². The molecule has 2 heteroatoms. The van der Waals surface area contributed by atoms with Gasteiger partial charge in [0.1, 0.15) is 6.67 Å². The molecule has 1 N–H and O–H groups in total. The van der Waals surface area contributed by atoms with Crippen molar-refractivity contribution in [2.75, 3.05) is 0 Å². The quantitative estimate of drug-likeness (QED) is 0.763. The van der Waals surface area contributed by atoms with Gasteiger partial charge in [0.05, 0.1) is 5.52 Å². The summed E-state index contributed by atoms with van der Waals surface area (Å²) in [4.78, 5) is 3.15. The molecule has 0 aliphatic rings. The van der Waals surface area contributed by atoms with E-state index in [1.165, 1.54) is 10.9 Å². The summed E-state index contributed by atoms with van der Waals surface area (Å²) in [5.74, 6) is 0. The molecule has 0 spiro atoms. The molecule has 0 aliphatic heterocycles. The standard InChI is InChI=1S/C12H14FN/c1-2-4-10-8-14-12-9(7-13)5-3-6-11(10)12/h3,5-6,8,14H,2,4,7H2,1H3. The number of hydrogen-bond acceptors (Lipinski definition) is 0. The van der Waals surface area contributed by atoms with Crippen LogP contribution in [0.1, 0.15) is 24.5 Å². The average Bonchev–Trinajstić information content (AvgIpc) is 2.62. The van der Waals surface area contributed by atoms with Crippen molar-refractivity contribution in [1.29, 1.82) is 0 Å². The highest BCUT2D eigenvalue weighted by Crippen LogP contribution is 2.23. The van der Waals surface area contributed by atoms with E-state index < -0.39 is 6.67 Å². The van der Waals surface area contributed by atoms with Gasteiger partial charge in [-0.25, -0.2) is 4.39 Å². The van der Waals surface area contributed by atoms with Gasteiger partial charge in [-0.05, 0) is 12.0 Å². The number of hydrogen-bond donors (Lipinski definition) is 1. The summed E-state index contributed by atoms with van der Waals surface area (Å²) in [5, 5.41) is 1.17. The van der Waals surface area contributed by atoms with Gasteiger partial charge in [-0.2, -0.15) is 0 Å². The van der Waals surface area contributed by atoms with Crippen molar-refractivity contribution in [1.82, 2.24) is 4.98 Å². The minimum atomic E-state index is -0.399. The van der Waals surface area contributed by atoms with Gasteiger partial charge in [-0.15, -0.1) is 0 Å². The van der Waals surface area contributed by atoms with E-state index in [-0.39, 0.29) is 0 Å². The monoisotopic (exact) mass is 191 g/mol. The van der Waals surface area contributed by atoms with Crippen molar-refractivity contribution in [3.63, 3.8) is 0 Å². The highest BCUT2D eigenvalue weighted by molar-refractivity contribution is 5.85. The summed E-state index contributed by atoms with van der Waals surface area (Å²) in [6, 6.07) is 5.80. The lowest BCUT2D eigenvalue weighted by Gasteiger charge is -1.98. The first-order chi connectivity index (χ1) is 6.86. The van der Waals surface area contributed by atoms with Crippen molar-refractivity contribution in [3.8, 4) is 0 Å². The van der Waals surface area contributed by atoms with Gasteiger partial charge >= 0.3 is 0 Å². The van der Waals surface area contributed by atoms with Crippen LogP contribution in [-0.2, 0) is 13.1 Å². The Balaban J connectivity index is 2.57. The maximum Gasteiger partial charge on any atom is 0.117 e. The number of aromatic nitrogens is 1. The normalized spacial score (nSPS) is 11.0. The number of rotatable bonds is 3. The van der Waals surface area contributed by atoms with Crippen LogP contribution in [0.25, 0.3) is 10.9 Å². The van der Waals surface area contributed by atoms with Crippen LogP contribution in [0.4, 0.5) is 4.39 Å². The van der Waals surface area contributed by atoms with E-state index in [4.69, 9.17) is 0 Å². The summed E-state index contributed by atoms with van der Waals surface area (Å²) in [5.41, 5.74) is 3.00. The SMILES string of the molecule is CCCc1c[nH]c2c(CF)cccc12. The Morgan fingerprint density at radius 3 is 2.86 bits per heavy atom. The van der Waals surface area contributed by atoms with Crippen LogP contribution in [0.2, 0.25) is 0 Å². The minimum Gasteiger partial charge on any atom is -0.361 e. The molecule has 1 heterocycles. The third-order valence-corrected chi connectivity index (χ3v) is 2.55. The fourth-order valence-corrected chi connectivity index (χ4v) is 1.86. The number of alkyl halides is 1. The number of nitrogens with one attached hydrogen (secondary N) is 1. The predicted octanol–water partition coefficient (Wildman–Crippen LogP) is 3.59. The van der Waals surface area contributed by atoms with E-state index >= 15 is 0 Å². The summed E-state index contributed by atoms with van der Waals surface area (Å²) >= 11 is 0. The lowest BCUT2D eigenvalue weighted by Crippen LogP contribution is -1.82. The fourth-order valence-electron chi connectivity index (χ4n) is 1.86. The van der Waals surface area contributed by atoms with Gasteiger partial charge in [-0.3, -0.25) is 0 Å². The largest absolute Gasteiger partial charge is 0.361 e. The molecule has 0 unspecified atom stereocenters. The van der Waals surface area contributed by atoms with E-state index in [0.29, 0.717) is 0 Å². The summed E-state index contributed by atoms with van der Waals surface area (Å²) < 4.78 is 12.6. The average molecular weight is 191 g/mol. The molecule has 2 aromatic rings. The number of aryl methyl sites for hydroxylation is 1. The third kappa shape index (κ3) is 1.41. The van der Waals surface area contributed by atoms with Crippen molar-refractivity contribution in [2.24, 2.45) is 0 Å². The van der Waals surface area contributed by atoms with Crippen molar-refractivity contribution in [3.05, 3.63) is 35.5 Å². The zero-order valence-electron chi connectivity index (χ0n) is 8.31. The molecule has 2 rings (SSSR count). The molecule has 1 nitrogen and oxygen atoms in total. The van der Waals surface area contributed by atoms with Gasteiger partial charge in [0.2, 0.25) is 0 Å². The molecule has 0 saturated heterocycles. The van der Waals surface area contributed by atoms with Crippen LogP contribution in [0.3, 0.4) is 0 Å². The second-order valence-electron chi connectivity index (χ2n) is 3.54. The molecule has 1 aromatic carbocycles. The van der Waals surface area contributed by atoms with Gasteiger partial charge < -0.3 is 4.98 Å². The van der Waals surface area contributed by atoms with E-state index in [1.54, 1.807) is 0 Å². The molecule has 0 atom stereocenters. The van der Waals surface area contributed by atoms with E-state index in [2.05, 4.69) is 18.0 Å². The van der Waals surface area contributed by atoms with E-state index in [1.807, 2.05) is 18.3 Å². The molecule has 0 saturated carbocycles. The minimum absolute atomic E-state index is 0.399. The predicted molar refractivity (Wildman–Crippen MR) is 57.1 cm³/mol. The molecule has 14 heavy (non-hydrogen) atoms. The summed E-state index contributed by atoms with van der Waals surface area (Å²) in [7, 11) is 0. The topological polar surface area (TPSA) is 15.8 Å². The number of aromatic amines is 1. The maximum absolute atomic E-state index is 12.6. The van der Waals surface area contributed by atoms with Crippen LogP contribution in [0, 0.1) is 0 Å². The Bertz CT molecular complexity index is 431.